The highest BCUT2D eigenvalue weighted by molar-refractivity contribution is 9.10. The van der Waals surface area contributed by atoms with E-state index >= 15 is 0 Å². The van der Waals surface area contributed by atoms with Gasteiger partial charge in [-0.2, -0.15) is 0 Å². The Balaban J connectivity index is 2.97. The monoisotopic (exact) mass is 261 g/mol. The molecule has 3 nitrogen and oxygen atoms in total. The van der Waals surface area contributed by atoms with Crippen LogP contribution in [0.15, 0.2) is 22.7 Å². The second-order valence-electron chi connectivity index (χ2n) is 2.65. The van der Waals surface area contributed by atoms with E-state index in [1.165, 1.54) is 18.2 Å². The van der Waals surface area contributed by atoms with Gasteiger partial charge in [-0.25, -0.2) is 9.45 Å². The number of benzene rings is 1. The Kier molecular flexibility index (Phi) is 3.60. The molecular formula is C9H9BrFNO2. The maximum atomic E-state index is 12.8. The van der Waals surface area contributed by atoms with Gasteiger partial charge in [-0.15, -0.1) is 0 Å². The van der Waals surface area contributed by atoms with Gasteiger partial charge in [-0.1, -0.05) is 0 Å². The van der Waals surface area contributed by atoms with E-state index in [0.29, 0.717) is 5.06 Å². The molecule has 0 aliphatic carbocycles. The number of rotatable bonds is 2. The van der Waals surface area contributed by atoms with Crippen LogP contribution in [0.4, 0.5) is 4.39 Å². The number of amides is 1. The predicted molar refractivity (Wildman–Crippen MR) is 52.6 cm³/mol. The molecule has 14 heavy (non-hydrogen) atoms. The van der Waals surface area contributed by atoms with Crippen LogP contribution in [-0.2, 0) is 0 Å². The fraction of sp³-hybridized carbons (Fsp3) is 0.222. The molecule has 0 heterocycles. The fourth-order valence-electron chi connectivity index (χ4n) is 0.922. The minimum atomic E-state index is -0.548. The Hall–Kier alpha value is -0.940. The average molecular weight is 262 g/mol. The lowest BCUT2D eigenvalue weighted by Crippen LogP contribution is -2.26. The van der Waals surface area contributed by atoms with Gasteiger partial charge in [0.15, 0.2) is 0 Å². The number of hydrogen-bond donors (Lipinski definition) is 1. The molecule has 1 rings (SSSR count). The average Bonchev–Trinajstić information content (AvgIpc) is 2.20. The van der Waals surface area contributed by atoms with Gasteiger partial charge >= 0.3 is 0 Å². The summed E-state index contributed by atoms with van der Waals surface area (Å²) in [5, 5.41) is 9.68. The Morgan fingerprint density at radius 1 is 1.64 bits per heavy atom. The van der Waals surface area contributed by atoms with Crippen LogP contribution in [0.5, 0.6) is 0 Å². The van der Waals surface area contributed by atoms with Crippen molar-refractivity contribution in [1.82, 2.24) is 5.06 Å². The number of carbonyl (C=O) groups excluding carboxylic acids is 1. The molecule has 0 aliphatic heterocycles. The van der Waals surface area contributed by atoms with Gasteiger partial charge in [0.25, 0.3) is 5.91 Å². The van der Waals surface area contributed by atoms with Crippen molar-refractivity contribution in [2.75, 3.05) is 6.54 Å². The number of halogens is 2. The smallest absolute Gasteiger partial charge is 0.277 e. The van der Waals surface area contributed by atoms with E-state index in [1.54, 1.807) is 6.92 Å². The van der Waals surface area contributed by atoms with Crippen LogP contribution in [0, 0.1) is 5.82 Å². The Labute approximate surface area is 89.2 Å². The van der Waals surface area contributed by atoms with Gasteiger partial charge in [0.2, 0.25) is 0 Å². The van der Waals surface area contributed by atoms with Crippen molar-refractivity contribution < 1.29 is 14.4 Å². The summed E-state index contributed by atoms with van der Waals surface area (Å²) >= 11 is 2.96. The first-order valence-corrected chi connectivity index (χ1v) is 4.81. The van der Waals surface area contributed by atoms with Crippen molar-refractivity contribution in [3.8, 4) is 0 Å². The predicted octanol–water partition coefficient (Wildman–Crippen LogP) is 2.44. The molecule has 1 aromatic carbocycles. The molecule has 0 unspecified atom stereocenters. The highest BCUT2D eigenvalue weighted by Gasteiger charge is 2.12. The van der Waals surface area contributed by atoms with Crippen LogP contribution in [0.2, 0.25) is 0 Å². The van der Waals surface area contributed by atoms with Crippen LogP contribution in [0.1, 0.15) is 17.3 Å². The van der Waals surface area contributed by atoms with Crippen LogP contribution >= 0.6 is 15.9 Å². The van der Waals surface area contributed by atoms with Gasteiger partial charge in [0, 0.05) is 12.1 Å². The third-order valence-electron chi connectivity index (χ3n) is 1.70. The maximum absolute atomic E-state index is 12.8. The lowest BCUT2D eigenvalue weighted by Gasteiger charge is -2.12. The molecule has 0 atom stereocenters. The summed E-state index contributed by atoms with van der Waals surface area (Å²) in [6.07, 6.45) is 0. The van der Waals surface area contributed by atoms with Gasteiger partial charge in [-0.05, 0) is 41.1 Å². The Morgan fingerprint density at radius 2 is 2.29 bits per heavy atom. The van der Waals surface area contributed by atoms with E-state index in [-0.39, 0.29) is 16.6 Å². The lowest BCUT2D eigenvalue weighted by atomic mass is 10.2. The third-order valence-corrected chi connectivity index (χ3v) is 2.31. The van der Waals surface area contributed by atoms with Gasteiger partial charge in [0.05, 0.1) is 4.47 Å². The molecule has 1 aromatic rings. The quantitative estimate of drug-likeness (QED) is 0.656. The van der Waals surface area contributed by atoms with Crippen molar-refractivity contribution in [2.24, 2.45) is 0 Å². The van der Waals surface area contributed by atoms with Crippen molar-refractivity contribution >= 4 is 21.8 Å². The van der Waals surface area contributed by atoms with E-state index in [1.807, 2.05) is 0 Å². The van der Waals surface area contributed by atoms with E-state index in [2.05, 4.69) is 15.9 Å². The Bertz CT molecular complexity index is 357. The van der Waals surface area contributed by atoms with E-state index in [4.69, 9.17) is 5.21 Å². The molecule has 0 saturated heterocycles. The number of hydroxylamine groups is 2. The summed E-state index contributed by atoms with van der Waals surface area (Å²) in [5.41, 5.74) is 0.239. The fourth-order valence-corrected chi connectivity index (χ4v) is 1.30. The van der Waals surface area contributed by atoms with Crippen LogP contribution in [0.25, 0.3) is 0 Å². The first-order valence-electron chi connectivity index (χ1n) is 4.02. The summed E-state index contributed by atoms with van der Waals surface area (Å²) in [6, 6.07) is 3.82. The van der Waals surface area contributed by atoms with E-state index in [9.17, 15) is 9.18 Å². The topological polar surface area (TPSA) is 40.5 Å². The van der Waals surface area contributed by atoms with E-state index in [0.717, 1.165) is 0 Å². The number of carbonyl (C=O) groups is 1. The molecule has 0 aliphatic rings. The standard InChI is InChI=1S/C9H9BrFNO2/c1-2-12(14)9(13)6-3-4-8(11)7(10)5-6/h3-5,14H,2H2,1H3. The van der Waals surface area contributed by atoms with Crippen molar-refractivity contribution in [3.05, 3.63) is 34.1 Å². The van der Waals surface area contributed by atoms with Crippen molar-refractivity contribution in [3.63, 3.8) is 0 Å². The highest BCUT2D eigenvalue weighted by atomic mass is 79.9. The molecular weight excluding hydrogens is 253 g/mol. The van der Waals surface area contributed by atoms with Crippen molar-refractivity contribution in [1.29, 1.82) is 0 Å². The minimum absolute atomic E-state index is 0.188. The van der Waals surface area contributed by atoms with Crippen LogP contribution < -0.4 is 0 Å². The third kappa shape index (κ3) is 2.30. The largest absolute Gasteiger partial charge is 0.286 e. The summed E-state index contributed by atoms with van der Waals surface area (Å²) < 4.78 is 13.0. The summed E-state index contributed by atoms with van der Waals surface area (Å²) in [5.74, 6) is -0.990. The molecule has 0 aromatic heterocycles. The second-order valence-corrected chi connectivity index (χ2v) is 3.50. The molecule has 0 bridgehead atoms. The van der Waals surface area contributed by atoms with Gasteiger partial charge in [-0.3, -0.25) is 10.0 Å². The second kappa shape index (κ2) is 4.52. The zero-order valence-corrected chi connectivity index (χ0v) is 9.08. The summed E-state index contributed by atoms with van der Waals surface area (Å²) in [6.45, 7) is 1.82. The SMILES string of the molecule is CCN(O)C(=O)c1ccc(F)c(Br)c1. The normalized spacial score (nSPS) is 10.0. The molecule has 5 heteroatoms. The maximum Gasteiger partial charge on any atom is 0.277 e. The van der Waals surface area contributed by atoms with E-state index < -0.39 is 11.7 Å². The molecule has 0 spiro atoms. The first-order chi connectivity index (χ1) is 6.56. The van der Waals surface area contributed by atoms with Crippen LogP contribution in [-0.4, -0.2) is 22.7 Å². The number of hydrogen-bond acceptors (Lipinski definition) is 2. The summed E-state index contributed by atoms with van der Waals surface area (Å²) in [7, 11) is 0. The van der Waals surface area contributed by atoms with Gasteiger partial charge in [0.1, 0.15) is 5.82 Å². The Morgan fingerprint density at radius 3 is 2.79 bits per heavy atom. The van der Waals surface area contributed by atoms with Crippen molar-refractivity contribution in [2.45, 2.75) is 6.92 Å². The number of nitrogens with zero attached hydrogens (tertiary/aromatic N) is 1. The van der Waals surface area contributed by atoms with Gasteiger partial charge < -0.3 is 0 Å². The molecule has 0 radical (unpaired) electrons. The highest BCUT2D eigenvalue weighted by Crippen LogP contribution is 2.17. The lowest BCUT2D eigenvalue weighted by molar-refractivity contribution is -0.0541. The molecule has 1 amide bonds. The van der Waals surface area contributed by atoms with Crippen LogP contribution in [0.3, 0.4) is 0 Å². The zero-order valence-electron chi connectivity index (χ0n) is 7.50. The minimum Gasteiger partial charge on any atom is -0.286 e. The molecule has 0 saturated carbocycles. The first kappa shape index (κ1) is 11.1. The zero-order chi connectivity index (χ0) is 10.7. The molecule has 76 valence electrons. The molecule has 0 fully saturated rings. The summed E-state index contributed by atoms with van der Waals surface area (Å²) in [4.78, 5) is 11.4. The molecule has 1 N–H and O–H groups in total.